The Kier molecular flexibility index (Phi) is 4.22. The van der Waals surface area contributed by atoms with Gasteiger partial charge in [0.05, 0.1) is 31.6 Å². The molecule has 0 bridgehead atoms. The van der Waals surface area contributed by atoms with Crippen molar-refractivity contribution in [3.8, 4) is 5.95 Å². The molecule has 0 spiro atoms. The summed E-state index contributed by atoms with van der Waals surface area (Å²) in [6, 6.07) is 14.5. The summed E-state index contributed by atoms with van der Waals surface area (Å²) in [5.74, 6) is 0.369. The Labute approximate surface area is 150 Å². The van der Waals surface area contributed by atoms with E-state index in [0.717, 1.165) is 11.3 Å². The van der Waals surface area contributed by atoms with Crippen LogP contribution in [0.4, 0.5) is 0 Å². The van der Waals surface area contributed by atoms with Crippen LogP contribution in [0, 0.1) is 0 Å². The number of fused-ring (bicyclic) bond motifs is 1. The van der Waals surface area contributed by atoms with Gasteiger partial charge in [-0.05, 0) is 17.7 Å². The molecule has 0 saturated carbocycles. The molecule has 0 aliphatic carbocycles. The smallest absolute Gasteiger partial charge is 0.290 e. The maximum Gasteiger partial charge on any atom is 0.290 e. The van der Waals surface area contributed by atoms with Crippen molar-refractivity contribution >= 4 is 5.91 Å². The van der Waals surface area contributed by atoms with Gasteiger partial charge in [0, 0.05) is 12.6 Å². The SMILES string of the molecule is COc1ccc(C(=O)N2CCn3nc([C@H](O)c4ccccc4)cc3C2)o1. The Morgan fingerprint density at radius 1 is 1.23 bits per heavy atom. The fourth-order valence-corrected chi connectivity index (χ4v) is 3.10. The van der Waals surface area contributed by atoms with Crippen LogP contribution < -0.4 is 4.74 Å². The molecule has 0 fully saturated rings. The minimum absolute atomic E-state index is 0.189. The van der Waals surface area contributed by atoms with E-state index in [-0.39, 0.29) is 11.7 Å². The van der Waals surface area contributed by atoms with E-state index in [4.69, 9.17) is 9.15 Å². The number of aromatic nitrogens is 2. The van der Waals surface area contributed by atoms with Gasteiger partial charge >= 0.3 is 0 Å². The Bertz CT molecular complexity index is 916. The van der Waals surface area contributed by atoms with Gasteiger partial charge in [0.1, 0.15) is 6.10 Å². The monoisotopic (exact) mass is 353 g/mol. The third-order valence-electron chi connectivity index (χ3n) is 4.49. The van der Waals surface area contributed by atoms with Gasteiger partial charge in [0.2, 0.25) is 0 Å². The van der Waals surface area contributed by atoms with E-state index in [0.29, 0.717) is 31.3 Å². The highest BCUT2D eigenvalue weighted by molar-refractivity contribution is 5.91. The average Bonchev–Trinajstić information content (AvgIpc) is 3.33. The molecule has 1 aliphatic heterocycles. The molecular weight excluding hydrogens is 334 g/mol. The number of rotatable bonds is 4. The van der Waals surface area contributed by atoms with Crippen molar-refractivity contribution in [1.29, 1.82) is 0 Å². The van der Waals surface area contributed by atoms with Crippen molar-refractivity contribution in [2.45, 2.75) is 19.2 Å². The number of benzene rings is 1. The number of methoxy groups -OCH3 is 1. The highest BCUT2D eigenvalue weighted by atomic mass is 16.6. The molecule has 1 aromatic carbocycles. The van der Waals surface area contributed by atoms with Gasteiger partial charge < -0.3 is 19.2 Å². The summed E-state index contributed by atoms with van der Waals surface area (Å²) < 4.78 is 12.2. The zero-order valence-electron chi connectivity index (χ0n) is 14.3. The number of nitrogens with zero attached hydrogens (tertiary/aromatic N) is 3. The van der Waals surface area contributed by atoms with Gasteiger partial charge in [-0.1, -0.05) is 30.3 Å². The van der Waals surface area contributed by atoms with Crippen molar-refractivity contribution in [2.24, 2.45) is 0 Å². The van der Waals surface area contributed by atoms with Crippen LogP contribution in [0.15, 0.2) is 52.9 Å². The van der Waals surface area contributed by atoms with Crippen LogP contribution >= 0.6 is 0 Å². The summed E-state index contributed by atoms with van der Waals surface area (Å²) in [5, 5.41) is 15.0. The predicted octanol–water partition coefficient (Wildman–Crippen LogP) is 2.22. The lowest BCUT2D eigenvalue weighted by Crippen LogP contribution is -2.38. The largest absolute Gasteiger partial charge is 0.468 e. The van der Waals surface area contributed by atoms with E-state index in [9.17, 15) is 9.90 Å². The van der Waals surface area contributed by atoms with Crippen LogP contribution in [0.25, 0.3) is 0 Å². The van der Waals surface area contributed by atoms with Crippen molar-refractivity contribution in [1.82, 2.24) is 14.7 Å². The molecule has 2 aromatic heterocycles. The van der Waals surface area contributed by atoms with Gasteiger partial charge in [-0.2, -0.15) is 5.10 Å². The molecule has 3 heterocycles. The highest BCUT2D eigenvalue weighted by Crippen LogP contribution is 2.25. The predicted molar refractivity (Wildman–Crippen MR) is 92.7 cm³/mol. The maximum absolute atomic E-state index is 12.6. The van der Waals surface area contributed by atoms with Crippen LogP contribution in [-0.2, 0) is 13.1 Å². The first kappa shape index (κ1) is 16.4. The molecule has 0 radical (unpaired) electrons. The molecular formula is C19H19N3O4. The number of furan rings is 1. The summed E-state index contributed by atoms with van der Waals surface area (Å²) in [6.07, 6.45) is -0.784. The Hall–Kier alpha value is -3.06. The second-order valence-electron chi connectivity index (χ2n) is 6.15. The molecule has 1 atom stereocenters. The standard InChI is InChI=1S/C19H19N3O4/c1-25-17-8-7-16(26-17)19(24)21-9-10-22-14(12-21)11-15(20-22)18(23)13-5-3-2-4-6-13/h2-8,11,18,23H,9-10,12H2,1H3/t18-/m1/s1. The summed E-state index contributed by atoms with van der Waals surface area (Å²) in [6.45, 7) is 1.51. The van der Waals surface area contributed by atoms with Crippen molar-refractivity contribution < 1.29 is 19.1 Å². The molecule has 1 amide bonds. The van der Waals surface area contributed by atoms with Gasteiger partial charge in [-0.3, -0.25) is 9.48 Å². The zero-order chi connectivity index (χ0) is 18.1. The first-order valence-electron chi connectivity index (χ1n) is 8.38. The molecule has 4 rings (SSSR count). The second-order valence-corrected chi connectivity index (χ2v) is 6.15. The van der Waals surface area contributed by atoms with Crippen molar-refractivity contribution in [2.75, 3.05) is 13.7 Å². The summed E-state index contributed by atoms with van der Waals surface area (Å²) in [7, 11) is 1.49. The number of hydrogen-bond donors (Lipinski definition) is 1. The normalized spacial score (nSPS) is 14.8. The number of ether oxygens (including phenoxy) is 1. The van der Waals surface area contributed by atoms with Crippen LogP contribution in [0.3, 0.4) is 0 Å². The highest BCUT2D eigenvalue weighted by Gasteiger charge is 2.26. The summed E-state index contributed by atoms with van der Waals surface area (Å²) >= 11 is 0. The summed E-state index contributed by atoms with van der Waals surface area (Å²) in [4.78, 5) is 14.3. The lowest BCUT2D eigenvalue weighted by molar-refractivity contribution is 0.0667. The first-order valence-corrected chi connectivity index (χ1v) is 8.38. The van der Waals surface area contributed by atoms with Crippen molar-refractivity contribution in [3.05, 3.63) is 71.2 Å². The van der Waals surface area contributed by atoms with E-state index >= 15 is 0 Å². The lowest BCUT2D eigenvalue weighted by atomic mass is 10.1. The average molecular weight is 353 g/mol. The fourth-order valence-electron chi connectivity index (χ4n) is 3.10. The summed E-state index contributed by atoms with van der Waals surface area (Å²) in [5.41, 5.74) is 2.26. The number of aliphatic hydroxyl groups is 1. The molecule has 1 N–H and O–H groups in total. The number of aliphatic hydroxyl groups excluding tert-OH is 1. The minimum Gasteiger partial charge on any atom is -0.468 e. The lowest BCUT2D eigenvalue weighted by Gasteiger charge is -2.26. The first-order chi connectivity index (χ1) is 12.7. The van der Waals surface area contributed by atoms with Gasteiger partial charge in [-0.15, -0.1) is 0 Å². The van der Waals surface area contributed by atoms with E-state index in [2.05, 4.69) is 5.10 Å². The second kappa shape index (κ2) is 6.68. The van der Waals surface area contributed by atoms with Crippen LogP contribution in [0.1, 0.15) is 33.6 Å². The van der Waals surface area contributed by atoms with Gasteiger partial charge in [0.25, 0.3) is 11.9 Å². The van der Waals surface area contributed by atoms with Crippen LogP contribution in [0.5, 0.6) is 5.95 Å². The molecule has 0 saturated heterocycles. The number of amides is 1. The quantitative estimate of drug-likeness (QED) is 0.778. The Morgan fingerprint density at radius 3 is 2.77 bits per heavy atom. The number of carbonyl (C=O) groups excluding carboxylic acids is 1. The molecule has 134 valence electrons. The molecule has 7 heteroatoms. The number of hydrogen-bond acceptors (Lipinski definition) is 5. The Balaban J connectivity index is 1.52. The van der Waals surface area contributed by atoms with Crippen LogP contribution in [0.2, 0.25) is 0 Å². The van der Waals surface area contributed by atoms with E-state index in [1.54, 1.807) is 17.0 Å². The zero-order valence-corrected chi connectivity index (χ0v) is 14.3. The van der Waals surface area contributed by atoms with E-state index in [1.165, 1.54) is 7.11 Å². The van der Waals surface area contributed by atoms with Crippen molar-refractivity contribution in [3.63, 3.8) is 0 Å². The molecule has 26 heavy (non-hydrogen) atoms. The maximum atomic E-state index is 12.6. The Morgan fingerprint density at radius 2 is 2.04 bits per heavy atom. The number of carbonyl (C=O) groups is 1. The molecule has 0 unspecified atom stereocenters. The third kappa shape index (κ3) is 2.97. The molecule has 3 aromatic rings. The van der Waals surface area contributed by atoms with E-state index < -0.39 is 6.10 Å². The molecule has 7 nitrogen and oxygen atoms in total. The van der Waals surface area contributed by atoms with Gasteiger partial charge in [-0.25, -0.2) is 0 Å². The van der Waals surface area contributed by atoms with Gasteiger partial charge in [0.15, 0.2) is 5.76 Å². The van der Waals surface area contributed by atoms with Crippen LogP contribution in [-0.4, -0.2) is 39.3 Å². The fraction of sp³-hybridized carbons (Fsp3) is 0.263. The van der Waals surface area contributed by atoms with E-state index in [1.807, 2.05) is 41.1 Å². The third-order valence-corrected chi connectivity index (χ3v) is 4.49. The topological polar surface area (TPSA) is 80.7 Å². The minimum atomic E-state index is -0.784. The molecule has 1 aliphatic rings.